The number of nitrogens with one attached hydrogen (secondary N) is 2. The van der Waals surface area contributed by atoms with E-state index in [0.717, 1.165) is 25.1 Å². The molecule has 0 aromatic heterocycles. The van der Waals surface area contributed by atoms with E-state index in [2.05, 4.69) is 15.4 Å². The molecule has 0 fully saturated rings. The van der Waals surface area contributed by atoms with E-state index in [-0.39, 0.29) is 11.3 Å². The van der Waals surface area contributed by atoms with Crippen LogP contribution in [0.5, 0.6) is 5.75 Å². The second-order valence-corrected chi connectivity index (χ2v) is 4.37. The number of carbonyl (C=O) groups excluding carboxylic acids is 1. The third-order valence-electron chi connectivity index (χ3n) is 2.98. The van der Waals surface area contributed by atoms with E-state index in [1.54, 1.807) is 12.1 Å². The van der Waals surface area contributed by atoms with Crippen molar-refractivity contribution in [2.45, 2.75) is 13.0 Å². The van der Waals surface area contributed by atoms with Gasteiger partial charge in [0.05, 0.1) is 5.56 Å². The highest BCUT2D eigenvalue weighted by atomic mass is 19.3. The van der Waals surface area contributed by atoms with E-state index in [1.165, 1.54) is 12.1 Å². The van der Waals surface area contributed by atoms with E-state index < -0.39 is 12.5 Å². The lowest BCUT2D eigenvalue weighted by Gasteiger charge is -2.15. The largest absolute Gasteiger partial charge is 0.434 e. The standard InChI is InChI=1S/C14H16F2N2O2/c15-14(16)20-12-4-2-1-3-11(12)13(19)18-9-10-5-7-17-8-6-10/h1-5,14,17H,6-9H2,(H,18,19). The monoisotopic (exact) mass is 282 g/mol. The number of carbonyl (C=O) groups is 1. The van der Waals surface area contributed by atoms with Crippen LogP contribution in [0.1, 0.15) is 16.8 Å². The molecule has 1 aromatic carbocycles. The molecule has 1 amide bonds. The van der Waals surface area contributed by atoms with Crippen molar-refractivity contribution >= 4 is 5.91 Å². The number of amides is 1. The van der Waals surface area contributed by atoms with Crippen LogP contribution in [-0.2, 0) is 0 Å². The van der Waals surface area contributed by atoms with Gasteiger partial charge in [-0.05, 0) is 25.1 Å². The summed E-state index contributed by atoms with van der Waals surface area (Å²) in [6.45, 7) is -0.858. The molecule has 4 nitrogen and oxygen atoms in total. The number of hydrogen-bond acceptors (Lipinski definition) is 3. The summed E-state index contributed by atoms with van der Waals surface area (Å²) in [5.74, 6) is -0.528. The smallest absolute Gasteiger partial charge is 0.387 e. The SMILES string of the molecule is O=C(NCC1=CCNCC1)c1ccccc1OC(F)F. The van der Waals surface area contributed by atoms with Crippen LogP contribution in [-0.4, -0.2) is 32.2 Å². The molecule has 0 aliphatic carbocycles. The Morgan fingerprint density at radius 2 is 2.20 bits per heavy atom. The van der Waals surface area contributed by atoms with Gasteiger partial charge in [0.15, 0.2) is 0 Å². The Morgan fingerprint density at radius 3 is 2.90 bits per heavy atom. The average Bonchev–Trinajstić information content (AvgIpc) is 2.46. The van der Waals surface area contributed by atoms with Gasteiger partial charge in [0.25, 0.3) is 5.91 Å². The van der Waals surface area contributed by atoms with Gasteiger partial charge in [-0.3, -0.25) is 4.79 Å². The quantitative estimate of drug-likeness (QED) is 0.811. The van der Waals surface area contributed by atoms with Crippen LogP contribution in [0.25, 0.3) is 0 Å². The third-order valence-corrected chi connectivity index (χ3v) is 2.98. The van der Waals surface area contributed by atoms with Crippen LogP contribution in [0.2, 0.25) is 0 Å². The fraction of sp³-hybridized carbons (Fsp3) is 0.357. The van der Waals surface area contributed by atoms with Gasteiger partial charge in [0.1, 0.15) is 5.75 Å². The zero-order valence-corrected chi connectivity index (χ0v) is 10.9. The third kappa shape index (κ3) is 4.03. The molecule has 20 heavy (non-hydrogen) atoms. The van der Waals surface area contributed by atoms with Crippen LogP contribution >= 0.6 is 0 Å². The van der Waals surface area contributed by atoms with Gasteiger partial charge in [-0.25, -0.2) is 0 Å². The van der Waals surface area contributed by atoms with Crippen LogP contribution in [0.4, 0.5) is 8.78 Å². The minimum Gasteiger partial charge on any atom is -0.434 e. The number of rotatable bonds is 5. The Bertz CT molecular complexity index is 504. The molecule has 0 bridgehead atoms. The van der Waals surface area contributed by atoms with Crippen molar-refractivity contribution in [3.63, 3.8) is 0 Å². The van der Waals surface area contributed by atoms with Gasteiger partial charge >= 0.3 is 6.61 Å². The van der Waals surface area contributed by atoms with Crippen molar-refractivity contribution in [1.82, 2.24) is 10.6 Å². The molecule has 2 N–H and O–H groups in total. The van der Waals surface area contributed by atoms with Crippen molar-refractivity contribution < 1.29 is 18.3 Å². The Balaban J connectivity index is 1.99. The van der Waals surface area contributed by atoms with Crippen LogP contribution in [0.3, 0.4) is 0 Å². The summed E-state index contributed by atoms with van der Waals surface area (Å²) in [7, 11) is 0. The molecule has 0 radical (unpaired) electrons. The highest BCUT2D eigenvalue weighted by molar-refractivity contribution is 5.97. The van der Waals surface area contributed by atoms with Crippen LogP contribution < -0.4 is 15.4 Å². The second kappa shape index (κ2) is 7.00. The Morgan fingerprint density at radius 1 is 1.40 bits per heavy atom. The first-order valence-corrected chi connectivity index (χ1v) is 6.37. The number of para-hydroxylation sites is 1. The zero-order valence-electron chi connectivity index (χ0n) is 10.9. The Hall–Kier alpha value is -1.95. The van der Waals surface area contributed by atoms with Gasteiger partial charge in [-0.1, -0.05) is 23.8 Å². The van der Waals surface area contributed by atoms with Gasteiger partial charge < -0.3 is 15.4 Å². The maximum absolute atomic E-state index is 12.3. The fourth-order valence-corrected chi connectivity index (χ4v) is 1.97. The first kappa shape index (κ1) is 14.5. The molecule has 108 valence electrons. The normalized spacial score (nSPS) is 14.8. The van der Waals surface area contributed by atoms with Crippen molar-refractivity contribution in [1.29, 1.82) is 0 Å². The number of hydrogen-bond donors (Lipinski definition) is 2. The molecule has 0 saturated carbocycles. The number of ether oxygens (including phenoxy) is 1. The molecule has 1 aromatic rings. The summed E-state index contributed by atoms with van der Waals surface area (Å²) in [6, 6.07) is 5.97. The summed E-state index contributed by atoms with van der Waals surface area (Å²) in [5.41, 5.74) is 1.24. The fourth-order valence-electron chi connectivity index (χ4n) is 1.97. The highest BCUT2D eigenvalue weighted by Crippen LogP contribution is 2.20. The molecule has 1 aliphatic rings. The second-order valence-electron chi connectivity index (χ2n) is 4.37. The van der Waals surface area contributed by atoms with Crippen LogP contribution in [0, 0.1) is 0 Å². The lowest BCUT2D eigenvalue weighted by molar-refractivity contribution is -0.0501. The maximum atomic E-state index is 12.3. The van der Waals surface area contributed by atoms with E-state index in [1.807, 2.05) is 6.08 Å². The molecular weight excluding hydrogens is 266 g/mol. The minimum atomic E-state index is -2.95. The molecular formula is C14H16F2N2O2. The average molecular weight is 282 g/mol. The minimum absolute atomic E-state index is 0.112. The molecule has 0 unspecified atom stereocenters. The van der Waals surface area contributed by atoms with E-state index in [9.17, 15) is 13.6 Å². The predicted molar refractivity (Wildman–Crippen MR) is 71.0 cm³/mol. The Kier molecular flexibility index (Phi) is 5.06. The zero-order chi connectivity index (χ0) is 14.4. The van der Waals surface area contributed by atoms with Crippen molar-refractivity contribution in [3.8, 4) is 5.75 Å². The number of alkyl halides is 2. The van der Waals surface area contributed by atoms with Crippen molar-refractivity contribution in [2.24, 2.45) is 0 Å². The first-order valence-electron chi connectivity index (χ1n) is 6.37. The van der Waals surface area contributed by atoms with E-state index in [4.69, 9.17) is 0 Å². The lowest BCUT2D eigenvalue weighted by Crippen LogP contribution is -2.30. The van der Waals surface area contributed by atoms with Gasteiger partial charge in [-0.15, -0.1) is 0 Å². The summed E-state index contributed by atoms with van der Waals surface area (Å²) in [5, 5.41) is 5.89. The molecule has 1 aliphatic heterocycles. The van der Waals surface area contributed by atoms with E-state index >= 15 is 0 Å². The Labute approximate surface area is 115 Å². The van der Waals surface area contributed by atoms with E-state index in [0.29, 0.717) is 6.54 Å². The van der Waals surface area contributed by atoms with Crippen molar-refractivity contribution in [2.75, 3.05) is 19.6 Å². The molecule has 0 spiro atoms. The summed E-state index contributed by atoms with van der Waals surface area (Å²) >= 11 is 0. The van der Waals surface area contributed by atoms with Gasteiger partial charge in [0, 0.05) is 13.1 Å². The molecule has 0 saturated heterocycles. The van der Waals surface area contributed by atoms with Crippen molar-refractivity contribution in [3.05, 3.63) is 41.5 Å². The number of halogens is 2. The topological polar surface area (TPSA) is 50.4 Å². The van der Waals surface area contributed by atoms with Gasteiger partial charge in [0.2, 0.25) is 0 Å². The lowest BCUT2D eigenvalue weighted by atomic mass is 10.1. The van der Waals surface area contributed by atoms with Crippen LogP contribution in [0.15, 0.2) is 35.9 Å². The van der Waals surface area contributed by atoms with Gasteiger partial charge in [-0.2, -0.15) is 8.78 Å². The summed E-state index contributed by atoms with van der Waals surface area (Å²) < 4.78 is 28.9. The highest BCUT2D eigenvalue weighted by Gasteiger charge is 2.15. The predicted octanol–water partition coefficient (Wildman–Crippen LogP) is 1.94. The first-order chi connectivity index (χ1) is 9.66. The maximum Gasteiger partial charge on any atom is 0.387 e. The summed E-state index contributed by atoms with van der Waals surface area (Å²) in [6.07, 6.45) is 2.89. The summed E-state index contributed by atoms with van der Waals surface area (Å²) in [4.78, 5) is 12.0. The number of benzene rings is 1. The molecule has 1 heterocycles. The molecule has 2 rings (SSSR count). The molecule has 0 atom stereocenters. The molecule has 6 heteroatoms.